The van der Waals surface area contributed by atoms with Crippen molar-refractivity contribution in [1.82, 2.24) is 0 Å². The largest absolute Gasteiger partial charge is 0.497 e. The fraction of sp³-hybridized carbons (Fsp3) is 0.0526. The molecule has 26 heavy (non-hydrogen) atoms. The van der Waals surface area contributed by atoms with E-state index >= 15 is 0 Å². The summed E-state index contributed by atoms with van der Waals surface area (Å²) in [5.41, 5.74) is 0.772. The third-order valence-corrected chi connectivity index (χ3v) is 3.72. The second-order valence-electron chi connectivity index (χ2n) is 5.38. The van der Waals surface area contributed by atoms with Crippen LogP contribution in [0.1, 0.15) is 15.9 Å². The van der Waals surface area contributed by atoms with Crippen LogP contribution in [0, 0.1) is 10.1 Å². The second-order valence-corrected chi connectivity index (χ2v) is 5.38. The monoisotopic (exact) mass is 351 g/mol. The Labute approximate surface area is 148 Å². The first-order valence-electron chi connectivity index (χ1n) is 7.57. The van der Waals surface area contributed by atoms with Crippen molar-refractivity contribution >= 4 is 23.0 Å². The van der Waals surface area contributed by atoms with Crippen molar-refractivity contribution < 1.29 is 24.0 Å². The van der Waals surface area contributed by atoms with E-state index in [1.54, 1.807) is 31.4 Å². The summed E-state index contributed by atoms with van der Waals surface area (Å²) >= 11 is 0. The lowest BCUT2D eigenvalue weighted by Gasteiger charge is -2.05. The summed E-state index contributed by atoms with van der Waals surface area (Å²) in [4.78, 5) is 34.4. The molecule has 0 amide bonds. The van der Waals surface area contributed by atoms with E-state index in [-0.39, 0.29) is 17.0 Å². The average Bonchev–Trinajstić information content (AvgIpc) is 3.02. The highest BCUT2D eigenvalue weighted by Gasteiger charge is 2.23. The van der Waals surface area contributed by atoms with E-state index in [4.69, 9.17) is 9.47 Å². The first-order chi connectivity index (χ1) is 12.5. The molecule has 2 aromatic rings. The Bertz CT molecular complexity index is 939. The van der Waals surface area contributed by atoms with Gasteiger partial charge in [-0.15, -0.1) is 0 Å². The van der Waals surface area contributed by atoms with Gasteiger partial charge in [0.05, 0.1) is 12.0 Å². The number of carbonyl (C=O) groups excluding carboxylic acids is 2. The first-order valence-corrected chi connectivity index (χ1v) is 7.57. The van der Waals surface area contributed by atoms with Crippen LogP contribution in [0.5, 0.6) is 5.75 Å². The van der Waals surface area contributed by atoms with Crippen molar-refractivity contribution in [2.75, 3.05) is 7.11 Å². The van der Waals surface area contributed by atoms with Gasteiger partial charge in [0.2, 0.25) is 5.78 Å². The Kier molecular flexibility index (Phi) is 4.62. The number of hydrogen-bond donors (Lipinski definition) is 0. The van der Waals surface area contributed by atoms with Gasteiger partial charge in [0.1, 0.15) is 11.5 Å². The maximum Gasteiger partial charge on any atom is 0.269 e. The van der Waals surface area contributed by atoms with Gasteiger partial charge in [-0.1, -0.05) is 0 Å². The average molecular weight is 351 g/mol. The number of methoxy groups -OCH3 is 1. The van der Waals surface area contributed by atoms with Crippen molar-refractivity contribution in [3.63, 3.8) is 0 Å². The van der Waals surface area contributed by atoms with Crippen LogP contribution in [0.25, 0.3) is 5.76 Å². The number of rotatable bonds is 5. The number of nitro groups is 1. The summed E-state index contributed by atoms with van der Waals surface area (Å²) in [6.45, 7) is 0. The van der Waals surface area contributed by atoms with Crippen molar-refractivity contribution in [2.45, 2.75) is 0 Å². The third kappa shape index (κ3) is 3.51. The van der Waals surface area contributed by atoms with Crippen molar-refractivity contribution in [3.8, 4) is 5.75 Å². The number of benzene rings is 2. The minimum atomic E-state index is -0.554. The van der Waals surface area contributed by atoms with Crippen LogP contribution in [0.3, 0.4) is 0 Å². The van der Waals surface area contributed by atoms with Crippen LogP contribution in [-0.2, 0) is 9.53 Å². The summed E-state index contributed by atoms with van der Waals surface area (Å²) < 4.78 is 10.6. The molecule has 0 unspecified atom stereocenters. The molecule has 2 aromatic carbocycles. The van der Waals surface area contributed by atoms with Gasteiger partial charge >= 0.3 is 0 Å². The van der Waals surface area contributed by atoms with Gasteiger partial charge in [-0.05, 0) is 36.4 Å². The molecule has 0 saturated carbocycles. The molecule has 1 aliphatic heterocycles. The van der Waals surface area contributed by atoms with Gasteiger partial charge in [-0.3, -0.25) is 19.7 Å². The van der Waals surface area contributed by atoms with E-state index in [1.807, 2.05) is 0 Å². The molecule has 1 aliphatic rings. The molecule has 0 saturated heterocycles. The van der Waals surface area contributed by atoms with Gasteiger partial charge in [0, 0.05) is 35.4 Å². The third-order valence-electron chi connectivity index (χ3n) is 3.72. The van der Waals surface area contributed by atoms with E-state index in [1.165, 1.54) is 30.3 Å². The zero-order chi connectivity index (χ0) is 18.7. The van der Waals surface area contributed by atoms with Crippen LogP contribution < -0.4 is 4.74 Å². The molecule has 0 radical (unpaired) electrons. The molecule has 7 heteroatoms. The predicted octanol–water partition coefficient (Wildman–Crippen LogP) is 3.31. The molecular formula is C19H13NO6. The number of ketones is 2. The van der Waals surface area contributed by atoms with Crippen LogP contribution in [-0.4, -0.2) is 23.6 Å². The predicted molar refractivity (Wildman–Crippen MR) is 92.6 cm³/mol. The number of nitro benzene ring substituents is 1. The first kappa shape index (κ1) is 17.1. The summed E-state index contributed by atoms with van der Waals surface area (Å²) in [5, 5.41) is 10.6. The van der Waals surface area contributed by atoms with E-state index in [2.05, 4.69) is 0 Å². The molecule has 3 rings (SSSR count). The normalized spacial score (nSPS) is 14.7. The molecule has 130 valence electrons. The lowest BCUT2D eigenvalue weighted by atomic mass is 10.1. The van der Waals surface area contributed by atoms with E-state index in [0.717, 1.165) is 6.08 Å². The number of non-ortho nitro benzene ring substituents is 1. The maximum atomic E-state index is 12.2. The summed E-state index contributed by atoms with van der Waals surface area (Å²) in [6.07, 6.45) is 2.38. The molecule has 1 heterocycles. The number of hydrogen-bond acceptors (Lipinski definition) is 6. The van der Waals surface area contributed by atoms with Gasteiger partial charge in [0.15, 0.2) is 11.5 Å². The number of nitrogens with zero attached hydrogens (tertiary/aromatic N) is 1. The minimum absolute atomic E-state index is 0.0980. The summed E-state index contributed by atoms with van der Waals surface area (Å²) in [5.74, 6) is 0.000991. The van der Waals surface area contributed by atoms with Gasteiger partial charge in [0.25, 0.3) is 5.69 Å². The molecule has 0 spiro atoms. The Balaban J connectivity index is 1.76. The number of allylic oxidation sites excluding steroid dienone is 2. The van der Waals surface area contributed by atoms with Crippen molar-refractivity contribution in [1.29, 1.82) is 0 Å². The van der Waals surface area contributed by atoms with Crippen LogP contribution >= 0.6 is 0 Å². The second kappa shape index (κ2) is 7.02. The highest BCUT2D eigenvalue weighted by atomic mass is 16.6. The zero-order valence-corrected chi connectivity index (χ0v) is 13.7. The SMILES string of the molecule is COc1ccc(C2=CC(=O)/C(=C\C(=O)c3ccc([N+](=O)[O-])cc3)O2)cc1. The fourth-order valence-electron chi connectivity index (χ4n) is 2.34. The quantitative estimate of drug-likeness (QED) is 0.355. The van der Waals surface area contributed by atoms with E-state index in [9.17, 15) is 19.7 Å². The molecular weight excluding hydrogens is 338 g/mol. The highest BCUT2D eigenvalue weighted by molar-refractivity contribution is 6.15. The number of carbonyl (C=O) groups is 2. The van der Waals surface area contributed by atoms with Crippen molar-refractivity contribution in [2.24, 2.45) is 0 Å². The molecule has 0 N–H and O–H groups in total. The lowest BCUT2D eigenvalue weighted by Crippen LogP contribution is -2.01. The number of ether oxygens (including phenoxy) is 2. The topological polar surface area (TPSA) is 95.7 Å². The smallest absolute Gasteiger partial charge is 0.269 e. The standard InChI is InChI=1S/C19H13NO6/c1-25-15-8-4-13(5-9-15)18-11-17(22)19(26-18)10-16(21)12-2-6-14(7-3-12)20(23)24/h2-11H,1H3/b19-10+. The Morgan fingerprint density at radius 2 is 1.77 bits per heavy atom. The summed E-state index contributed by atoms with van der Waals surface area (Å²) in [6, 6.07) is 12.0. The Hall–Kier alpha value is -3.74. The zero-order valence-electron chi connectivity index (χ0n) is 13.7. The fourth-order valence-corrected chi connectivity index (χ4v) is 2.34. The molecule has 0 bridgehead atoms. The van der Waals surface area contributed by atoms with Gasteiger partial charge < -0.3 is 9.47 Å². The molecule has 0 aliphatic carbocycles. The molecule has 7 nitrogen and oxygen atoms in total. The van der Waals surface area contributed by atoms with Crippen LogP contribution in [0.2, 0.25) is 0 Å². The molecule has 0 atom stereocenters. The van der Waals surface area contributed by atoms with Gasteiger partial charge in [-0.25, -0.2) is 0 Å². The van der Waals surface area contributed by atoms with Gasteiger partial charge in [-0.2, -0.15) is 0 Å². The lowest BCUT2D eigenvalue weighted by molar-refractivity contribution is -0.384. The summed E-state index contributed by atoms with van der Waals surface area (Å²) in [7, 11) is 1.55. The van der Waals surface area contributed by atoms with Crippen LogP contribution in [0.4, 0.5) is 5.69 Å². The minimum Gasteiger partial charge on any atom is -0.497 e. The van der Waals surface area contributed by atoms with Crippen LogP contribution in [0.15, 0.2) is 66.4 Å². The molecule has 0 fully saturated rings. The van der Waals surface area contributed by atoms with Crippen molar-refractivity contribution in [3.05, 3.63) is 87.7 Å². The van der Waals surface area contributed by atoms with E-state index in [0.29, 0.717) is 17.1 Å². The highest BCUT2D eigenvalue weighted by Crippen LogP contribution is 2.28. The Morgan fingerprint density at radius 3 is 2.35 bits per heavy atom. The maximum absolute atomic E-state index is 12.2. The molecule has 0 aromatic heterocycles. The Morgan fingerprint density at radius 1 is 1.12 bits per heavy atom. The van der Waals surface area contributed by atoms with E-state index < -0.39 is 16.5 Å².